The first-order valence-electron chi connectivity index (χ1n) is 7.45. The molecule has 0 radical (unpaired) electrons. The lowest BCUT2D eigenvalue weighted by Crippen LogP contribution is -2.18. The topological polar surface area (TPSA) is 41.1 Å². The van der Waals surface area contributed by atoms with Gasteiger partial charge in [0.1, 0.15) is 0 Å². The van der Waals surface area contributed by atoms with Gasteiger partial charge < -0.3 is 10.6 Å². The number of benzene rings is 2. The van der Waals surface area contributed by atoms with Crippen molar-refractivity contribution in [2.45, 2.75) is 19.8 Å². The van der Waals surface area contributed by atoms with Gasteiger partial charge in [0.15, 0.2) is 0 Å². The zero-order valence-corrected chi connectivity index (χ0v) is 12.5. The highest BCUT2D eigenvalue weighted by atomic mass is 16.1. The number of carbonyl (C=O) groups excluding carboxylic acids is 1. The van der Waals surface area contributed by atoms with Crippen LogP contribution in [-0.2, 0) is 12.8 Å². The molecule has 1 aliphatic heterocycles. The molecule has 0 spiro atoms. The monoisotopic (exact) mass is 280 g/mol. The molecule has 0 unspecified atom stereocenters. The molecule has 3 nitrogen and oxygen atoms in total. The van der Waals surface area contributed by atoms with E-state index in [2.05, 4.69) is 41.8 Å². The Morgan fingerprint density at radius 2 is 2.14 bits per heavy atom. The third kappa shape index (κ3) is 2.51. The van der Waals surface area contributed by atoms with Gasteiger partial charge in [0, 0.05) is 24.8 Å². The van der Waals surface area contributed by atoms with Crippen molar-refractivity contribution in [3.8, 4) is 11.1 Å². The molecule has 1 aliphatic rings. The molecule has 1 heterocycles. The van der Waals surface area contributed by atoms with E-state index in [1.54, 1.807) is 7.05 Å². The Bertz CT molecular complexity index is 692. The van der Waals surface area contributed by atoms with Gasteiger partial charge in [-0.05, 0) is 47.2 Å². The van der Waals surface area contributed by atoms with Gasteiger partial charge in [-0.15, -0.1) is 0 Å². The number of fused-ring (bicyclic) bond motifs is 1. The summed E-state index contributed by atoms with van der Waals surface area (Å²) in [6.45, 7) is 3.10. The summed E-state index contributed by atoms with van der Waals surface area (Å²) < 4.78 is 0. The first kappa shape index (κ1) is 13.7. The van der Waals surface area contributed by atoms with E-state index in [0.29, 0.717) is 5.56 Å². The highest BCUT2D eigenvalue weighted by Gasteiger charge is 2.19. The van der Waals surface area contributed by atoms with Gasteiger partial charge in [-0.1, -0.05) is 31.2 Å². The Labute approximate surface area is 125 Å². The van der Waals surface area contributed by atoms with Crippen molar-refractivity contribution < 1.29 is 4.79 Å². The first-order chi connectivity index (χ1) is 10.2. The molecule has 0 atom stereocenters. The largest absolute Gasteiger partial charge is 0.384 e. The highest BCUT2D eigenvalue weighted by molar-refractivity contribution is 5.97. The van der Waals surface area contributed by atoms with E-state index in [0.717, 1.165) is 25.1 Å². The molecule has 0 aliphatic carbocycles. The van der Waals surface area contributed by atoms with Crippen LogP contribution in [0.25, 0.3) is 11.1 Å². The van der Waals surface area contributed by atoms with Crippen molar-refractivity contribution in [2.24, 2.45) is 0 Å². The average molecular weight is 280 g/mol. The van der Waals surface area contributed by atoms with Gasteiger partial charge >= 0.3 is 0 Å². The average Bonchev–Trinajstić information content (AvgIpc) is 3.01. The number of aryl methyl sites for hydroxylation is 1. The van der Waals surface area contributed by atoms with Crippen LogP contribution in [0.1, 0.15) is 28.4 Å². The van der Waals surface area contributed by atoms with Crippen molar-refractivity contribution in [3.05, 3.63) is 53.1 Å². The molecular formula is C18H20N2O. The molecule has 2 aromatic rings. The maximum Gasteiger partial charge on any atom is 0.251 e. The van der Waals surface area contributed by atoms with Crippen LogP contribution in [0, 0.1) is 0 Å². The quantitative estimate of drug-likeness (QED) is 0.906. The predicted molar refractivity (Wildman–Crippen MR) is 86.8 cm³/mol. The van der Waals surface area contributed by atoms with Crippen molar-refractivity contribution in [1.82, 2.24) is 5.32 Å². The van der Waals surface area contributed by atoms with E-state index in [1.165, 1.54) is 22.3 Å². The van der Waals surface area contributed by atoms with Crippen molar-refractivity contribution in [1.29, 1.82) is 0 Å². The fraction of sp³-hybridized carbons (Fsp3) is 0.278. The molecular weight excluding hydrogens is 260 g/mol. The second kappa shape index (κ2) is 5.60. The lowest BCUT2D eigenvalue weighted by atomic mass is 9.94. The van der Waals surface area contributed by atoms with Gasteiger partial charge in [0.25, 0.3) is 5.91 Å². The Kier molecular flexibility index (Phi) is 3.65. The number of carbonyl (C=O) groups is 1. The first-order valence-corrected chi connectivity index (χ1v) is 7.45. The number of rotatable bonds is 3. The zero-order valence-electron chi connectivity index (χ0n) is 12.5. The number of hydrogen-bond donors (Lipinski definition) is 2. The van der Waals surface area contributed by atoms with Crippen LogP contribution in [0.4, 0.5) is 5.69 Å². The Morgan fingerprint density at radius 1 is 1.29 bits per heavy atom. The summed E-state index contributed by atoms with van der Waals surface area (Å²) in [5.74, 6) is -0.0422. The van der Waals surface area contributed by atoms with Gasteiger partial charge in [0.05, 0.1) is 0 Å². The lowest BCUT2D eigenvalue weighted by molar-refractivity contribution is 0.0963. The summed E-state index contributed by atoms with van der Waals surface area (Å²) in [5, 5.41) is 6.09. The van der Waals surface area contributed by atoms with E-state index in [-0.39, 0.29) is 5.91 Å². The van der Waals surface area contributed by atoms with E-state index >= 15 is 0 Å². The fourth-order valence-corrected chi connectivity index (χ4v) is 2.91. The Morgan fingerprint density at radius 3 is 2.90 bits per heavy atom. The second-order valence-electron chi connectivity index (χ2n) is 5.36. The molecule has 108 valence electrons. The minimum absolute atomic E-state index is 0.0422. The van der Waals surface area contributed by atoms with Crippen LogP contribution < -0.4 is 10.6 Å². The number of amides is 1. The van der Waals surface area contributed by atoms with Gasteiger partial charge in [-0.2, -0.15) is 0 Å². The normalized spacial score (nSPS) is 12.7. The van der Waals surface area contributed by atoms with Crippen molar-refractivity contribution in [2.75, 3.05) is 18.9 Å². The smallest absolute Gasteiger partial charge is 0.251 e. The van der Waals surface area contributed by atoms with Crippen molar-refractivity contribution >= 4 is 11.6 Å². The SMILES string of the molecule is CCc1cccc(-c2cc(C(=O)NC)cc3c2CCN3)c1. The highest BCUT2D eigenvalue weighted by Crippen LogP contribution is 2.34. The van der Waals surface area contributed by atoms with Crippen LogP contribution in [-0.4, -0.2) is 19.5 Å². The van der Waals surface area contributed by atoms with E-state index in [4.69, 9.17) is 0 Å². The second-order valence-corrected chi connectivity index (χ2v) is 5.36. The zero-order chi connectivity index (χ0) is 14.8. The summed E-state index contributed by atoms with van der Waals surface area (Å²) >= 11 is 0. The Hall–Kier alpha value is -2.29. The number of anilines is 1. The minimum Gasteiger partial charge on any atom is -0.384 e. The minimum atomic E-state index is -0.0422. The standard InChI is InChI=1S/C18H20N2O/c1-3-12-5-4-6-13(9-12)16-10-14(18(21)19-2)11-17-15(16)7-8-20-17/h4-6,9-11,20H,3,7-8H2,1-2H3,(H,19,21). The summed E-state index contributed by atoms with van der Waals surface area (Å²) in [6, 6.07) is 12.6. The van der Waals surface area contributed by atoms with Gasteiger partial charge in [0.2, 0.25) is 0 Å². The molecule has 3 rings (SSSR count). The maximum atomic E-state index is 12.0. The fourth-order valence-electron chi connectivity index (χ4n) is 2.91. The molecule has 0 saturated carbocycles. The molecule has 0 aromatic heterocycles. The maximum absolute atomic E-state index is 12.0. The summed E-state index contributed by atoms with van der Waals surface area (Å²) in [4.78, 5) is 12.0. The predicted octanol–water partition coefficient (Wildman–Crippen LogP) is 3.24. The number of hydrogen-bond acceptors (Lipinski definition) is 2. The molecule has 0 fully saturated rings. The molecule has 0 saturated heterocycles. The van der Waals surface area contributed by atoms with Crippen LogP contribution in [0.5, 0.6) is 0 Å². The summed E-state index contributed by atoms with van der Waals surface area (Å²) in [6.07, 6.45) is 2.03. The molecule has 21 heavy (non-hydrogen) atoms. The van der Waals surface area contributed by atoms with Crippen molar-refractivity contribution in [3.63, 3.8) is 0 Å². The van der Waals surface area contributed by atoms with Crippen LogP contribution in [0.3, 0.4) is 0 Å². The van der Waals surface area contributed by atoms with Gasteiger partial charge in [-0.25, -0.2) is 0 Å². The molecule has 1 amide bonds. The van der Waals surface area contributed by atoms with Gasteiger partial charge in [-0.3, -0.25) is 4.79 Å². The third-order valence-corrected chi connectivity index (χ3v) is 4.08. The molecule has 2 N–H and O–H groups in total. The molecule has 3 heteroatoms. The van der Waals surface area contributed by atoms with Crippen LogP contribution >= 0.6 is 0 Å². The summed E-state index contributed by atoms with van der Waals surface area (Å²) in [5.41, 5.74) is 6.80. The van der Waals surface area contributed by atoms with E-state index < -0.39 is 0 Å². The summed E-state index contributed by atoms with van der Waals surface area (Å²) in [7, 11) is 1.67. The number of nitrogens with one attached hydrogen (secondary N) is 2. The van der Waals surface area contributed by atoms with Crippen LogP contribution in [0.15, 0.2) is 36.4 Å². The lowest BCUT2D eigenvalue weighted by Gasteiger charge is -2.12. The Balaban J connectivity index is 2.16. The van der Waals surface area contributed by atoms with E-state index in [9.17, 15) is 4.79 Å². The molecule has 2 aromatic carbocycles. The third-order valence-electron chi connectivity index (χ3n) is 4.08. The van der Waals surface area contributed by atoms with Crippen LogP contribution in [0.2, 0.25) is 0 Å². The molecule has 0 bridgehead atoms. The van der Waals surface area contributed by atoms with E-state index in [1.807, 2.05) is 12.1 Å².